The van der Waals surface area contributed by atoms with Crippen LogP contribution >= 0.6 is 0 Å². The number of rotatable bonds is 7. The Kier molecular flexibility index (Phi) is 4.69. The number of fused-ring (bicyclic) bond motifs is 1. The minimum absolute atomic E-state index is 0.349. The van der Waals surface area contributed by atoms with Gasteiger partial charge in [-0.1, -0.05) is 12.7 Å². The molecule has 0 fully saturated rings. The smallest absolute Gasteiger partial charge is 0.312 e. The van der Waals surface area contributed by atoms with Crippen LogP contribution in [0.4, 0.5) is 0 Å². The number of allylic oxidation sites excluding steroid dienone is 1. The van der Waals surface area contributed by atoms with E-state index in [2.05, 4.69) is 13.2 Å². The first-order valence-electron chi connectivity index (χ1n) is 7.79. The fraction of sp³-hybridized carbons (Fsp3) is 0.278. The van der Waals surface area contributed by atoms with Gasteiger partial charge < -0.3 is 18.8 Å². The van der Waals surface area contributed by atoms with E-state index in [-0.39, 0.29) is 0 Å². The minimum Gasteiger partial charge on any atom is -0.611 e. The van der Waals surface area contributed by atoms with E-state index in [1.54, 1.807) is 12.1 Å². The molecule has 3 heterocycles. The maximum absolute atomic E-state index is 12.6. The van der Waals surface area contributed by atoms with Gasteiger partial charge in [0, 0.05) is 42.8 Å². The highest BCUT2D eigenvalue weighted by Crippen LogP contribution is 2.40. The summed E-state index contributed by atoms with van der Waals surface area (Å²) in [4.78, 5) is 12.2. The highest BCUT2D eigenvalue weighted by molar-refractivity contribution is 7.91. The van der Waals surface area contributed by atoms with Crippen LogP contribution in [-0.4, -0.2) is 30.5 Å². The zero-order valence-electron chi connectivity index (χ0n) is 13.4. The molecule has 2 aromatic rings. The summed E-state index contributed by atoms with van der Waals surface area (Å²) in [6.45, 7) is 8.70. The predicted molar refractivity (Wildman–Crippen MR) is 94.5 cm³/mol. The van der Waals surface area contributed by atoms with Gasteiger partial charge in [0.2, 0.25) is 0 Å². The third-order valence-corrected chi connectivity index (χ3v) is 5.61. The Morgan fingerprint density at radius 1 is 1.46 bits per heavy atom. The van der Waals surface area contributed by atoms with Gasteiger partial charge in [-0.2, -0.15) is 0 Å². The van der Waals surface area contributed by atoms with E-state index < -0.39 is 23.1 Å². The van der Waals surface area contributed by atoms with Gasteiger partial charge in [0.25, 0.3) is 0 Å². The molecule has 2 aromatic heterocycles. The van der Waals surface area contributed by atoms with Crippen molar-refractivity contribution in [3.8, 4) is 11.3 Å². The summed E-state index contributed by atoms with van der Waals surface area (Å²) in [7, 11) is 0. The summed E-state index contributed by atoms with van der Waals surface area (Å²) >= 11 is -1.24. The number of carboxylic acids is 1. The zero-order chi connectivity index (χ0) is 17.3. The van der Waals surface area contributed by atoms with Crippen molar-refractivity contribution in [3.05, 3.63) is 55.5 Å². The summed E-state index contributed by atoms with van der Waals surface area (Å²) in [5.74, 6) is -1.02. The maximum Gasteiger partial charge on any atom is 0.312 e. The first-order valence-corrected chi connectivity index (χ1v) is 9.11. The predicted octanol–water partition coefficient (Wildman–Crippen LogP) is 3.01. The molecule has 0 spiro atoms. The van der Waals surface area contributed by atoms with Crippen molar-refractivity contribution in [2.75, 3.05) is 5.75 Å². The normalized spacial score (nSPS) is 17.5. The van der Waals surface area contributed by atoms with Crippen molar-refractivity contribution in [1.82, 2.24) is 9.13 Å². The Morgan fingerprint density at radius 3 is 2.92 bits per heavy atom. The molecule has 2 unspecified atom stereocenters. The lowest BCUT2D eigenvalue weighted by atomic mass is 10.1. The lowest BCUT2D eigenvalue weighted by Crippen LogP contribution is -2.08. The van der Waals surface area contributed by atoms with Crippen LogP contribution in [0, 0.1) is 0 Å². The van der Waals surface area contributed by atoms with Crippen molar-refractivity contribution in [3.63, 3.8) is 0 Å². The summed E-state index contributed by atoms with van der Waals surface area (Å²) in [5, 5.41) is 9.43. The van der Waals surface area contributed by atoms with E-state index in [1.165, 1.54) is 0 Å². The number of hydrogen-bond donors (Lipinski definition) is 1. The second-order valence-electron chi connectivity index (χ2n) is 5.80. The van der Waals surface area contributed by atoms with Gasteiger partial charge in [0.15, 0.2) is 4.90 Å². The standard InChI is InChI=1S/C18H20N2O3S/c1-3-7-19-8-5-13(12-19)17-16(24(23)10-4-2)11-15-14(18(21)22)6-9-20(15)17/h3-5,8,11-12,14H,1-2,6-7,9-10H2,(H,21,22). The van der Waals surface area contributed by atoms with Gasteiger partial charge in [-0.05, 0) is 29.7 Å². The summed E-state index contributed by atoms with van der Waals surface area (Å²) < 4.78 is 16.6. The van der Waals surface area contributed by atoms with E-state index >= 15 is 0 Å². The van der Waals surface area contributed by atoms with Gasteiger partial charge in [-0.25, -0.2) is 0 Å². The van der Waals surface area contributed by atoms with Crippen LogP contribution in [0.15, 0.2) is 54.7 Å². The van der Waals surface area contributed by atoms with Crippen molar-refractivity contribution < 1.29 is 14.5 Å². The Bertz CT molecular complexity index is 790. The van der Waals surface area contributed by atoms with Gasteiger partial charge in [0.1, 0.15) is 11.4 Å². The number of carboxylic acid groups (broad SMARTS) is 1. The number of aliphatic carboxylic acids is 1. The molecule has 24 heavy (non-hydrogen) atoms. The van der Waals surface area contributed by atoms with Gasteiger partial charge in [-0.15, -0.1) is 6.58 Å². The summed E-state index contributed by atoms with van der Waals surface area (Å²) in [6.07, 6.45) is 7.93. The van der Waals surface area contributed by atoms with Crippen LogP contribution in [-0.2, 0) is 29.1 Å². The van der Waals surface area contributed by atoms with Gasteiger partial charge in [0.05, 0.1) is 5.92 Å². The lowest BCUT2D eigenvalue weighted by molar-refractivity contribution is -0.138. The Labute approximate surface area is 144 Å². The van der Waals surface area contributed by atoms with E-state index in [4.69, 9.17) is 0 Å². The van der Waals surface area contributed by atoms with E-state index in [1.807, 2.05) is 33.7 Å². The molecule has 0 saturated heterocycles. The highest BCUT2D eigenvalue weighted by Gasteiger charge is 2.35. The maximum atomic E-state index is 12.6. The molecule has 6 heteroatoms. The molecule has 1 aliphatic rings. The van der Waals surface area contributed by atoms with Crippen LogP contribution in [0.25, 0.3) is 11.3 Å². The quantitative estimate of drug-likeness (QED) is 0.620. The van der Waals surface area contributed by atoms with Crippen LogP contribution in [0.3, 0.4) is 0 Å². The van der Waals surface area contributed by atoms with Crippen molar-refractivity contribution >= 4 is 17.1 Å². The molecule has 126 valence electrons. The topological polar surface area (TPSA) is 70.2 Å². The molecule has 2 atom stereocenters. The molecule has 1 aliphatic heterocycles. The zero-order valence-corrected chi connectivity index (χ0v) is 14.2. The Hall–Kier alpha value is -2.18. The molecule has 0 aliphatic carbocycles. The molecule has 5 nitrogen and oxygen atoms in total. The molecule has 0 aromatic carbocycles. The van der Waals surface area contributed by atoms with E-state index in [9.17, 15) is 14.5 Å². The summed E-state index contributed by atoms with van der Waals surface area (Å²) in [6, 6.07) is 3.76. The van der Waals surface area contributed by atoms with Gasteiger partial charge in [-0.3, -0.25) is 4.79 Å². The molecule has 0 bridgehead atoms. The first-order chi connectivity index (χ1) is 11.6. The van der Waals surface area contributed by atoms with Crippen molar-refractivity contribution in [1.29, 1.82) is 0 Å². The molecular formula is C18H20N2O3S. The number of aromatic nitrogens is 2. The summed E-state index contributed by atoms with van der Waals surface area (Å²) in [5.41, 5.74) is 2.54. The fourth-order valence-corrected chi connectivity index (χ4v) is 4.33. The van der Waals surface area contributed by atoms with Crippen LogP contribution in [0.1, 0.15) is 18.0 Å². The van der Waals surface area contributed by atoms with Crippen LogP contribution in [0.2, 0.25) is 0 Å². The second-order valence-corrected chi connectivity index (χ2v) is 7.26. The fourth-order valence-electron chi connectivity index (χ4n) is 3.24. The molecular weight excluding hydrogens is 324 g/mol. The molecule has 3 rings (SSSR count). The van der Waals surface area contributed by atoms with Crippen molar-refractivity contribution in [2.45, 2.75) is 30.3 Å². The number of hydrogen-bond acceptors (Lipinski definition) is 2. The van der Waals surface area contributed by atoms with Crippen molar-refractivity contribution in [2.24, 2.45) is 0 Å². The van der Waals surface area contributed by atoms with E-state index in [0.29, 0.717) is 30.2 Å². The van der Waals surface area contributed by atoms with Gasteiger partial charge >= 0.3 is 5.97 Å². The first kappa shape index (κ1) is 16.7. The number of nitrogens with zero attached hydrogens (tertiary/aromatic N) is 2. The molecule has 0 saturated carbocycles. The molecule has 0 amide bonds. The third kappa shape index (κ3) is 2.83. The largest absolute Gasteiger partial charge is 0.611 e. The Balaban J connectivity index is 2.11. The SMILES string of the molecule is C=CCn1ccc(-c2c([S+]([O-])CC=C)cc3n2CCC3C(=O)O)c1. The Morgan fingerprint density at radius 2 is 2.25 bits per heavy atom. The highest BCUT2D eigenvalue weighted by atomic mass is 32.2. The monoisotopic (exact) mass is 344 g/mol. The number of carbonyl (C=O) groups is 1. The van der Waals surface area contributed by atoms with Crippen LogP contribution < -0.4 is 0 Å². The third-order valence-electron chi connectivity index (χ3n) is 4.27. The lowest BCUT2D eigenvalue weighted by Gasteiger charge is -2.11. The average Bonchev–Trinajstić information content (AvgIpc) is 3.21. The minimum atomic E-state index is -1.24. The average molecular weight is 344 g/mol. The molecule has 0 radical (unpaired) electrons. The molecule has 1 N–H and O–H groups in total. The second kappa shape index (κ2) is 6.75. The van der Waals surface area contributed by atoms with Crippen LogP contribution in [0.5, 0.6) is 0 Å². The van der Waals surface area contributed by atoms with E-state index in [0.717, 1.165) is 17.0 Å².